The van der Waals surface area contributed by atoms with Crippen molar-refractivity contribution in [2.45, 2.75) is 56.7 Å². The van der Waals surface area contributed by atoms with E-state index in [4.69, 9.17) is 0 Å². The molecule has 2 fully saturated rings. The van der Waals surface area contributed by atoms with E-state index in [0.29, 0.717) is 31.5 Å². The minimum Gasteiger partial charge on any atom is -0.317 e. The van der Waals surface area contributed by atoms with Gasteiger partial charge in [0.1, 0.15) is 11.4 Å². The maximum absolute atomic E-state index is 12.7. The zero-order valence-electron chi connectivity index (χ0n) is 19.2. The number of hydrogen-bond acceptors (Lipinski definition) is 4. The molecule has 4 nitrogen and oxygen atoms in total. The van der Waals surface area contributed by atoms with Crippen LogP contribution < -0.4 is 10.6 Å². The third-order valence-corrected chi connectivity index (χ3v) is 7.49. The van der Waals surface area contributed by atoms with Gasteiger partial charge in [0.05, 0.1) is 5.92 Å². The number of aryl methyl sites for hydroxylation is 1. The van der Waals surface area contributed by atoms with Gasteiger partial charge in [-0.05, 0) is 80.1 Å². The minimum atomic E-state index is -4.10. The molecule has 0 bridgehead atoms. The lowest BCUT2D eigenvalue weighted by Crippen LogP contribution is -2.47. The standard InChI is InChI=1S/C14H20F3N3O.C12H12S/c15-14(16,17)10-3-1-9(2-4-10)11-19-12(21)13(20-11)5-7-18-8-6-13;13-9-8-11-6-3-5-10-4-1-2-7-12(10)11/h9-10,18H,1-8H2,(H,19,20,21);1-7,13H,8-9H2. The molecule has 0 aromatic heterocycles. The summed E-state index contributed by atoms with van der Waals surface area (Å²) < 4.78 is 38.1. The molecule has 2 heterocycles. The molecule has 5 rings (SSSR count). The SMILES string of the molecule is O=C1NC(C2CCC(C(F)(F)F)CC2)=NC12CCNCC2.SCCc1cccc2ccccc12. The van der Waals surface area contributed by atoms with Gasteiger partial charge in [-0.1, -0.05) is 42.5 Å². The molecule has 2 aromatic rings. The van der Waals surface area contributed by atoms with E-state index >= 15 is 0 Å². The number of benzene rings is 2. The van der Waals surface area contributed by atoms with Gasteiger partial charge in [-0.2, -0.15) is 25.8 Å². The van der Waals surface area contributed by atoms with Crippen molar-refractivity contribution in [1.29, 1.82) is 0 Å². The molecule has 8 heteroatoms. The molecule has 1 spiro atoms. The molecule has 34 heavy (non-hydrogen) atoms. The Morgan fingerprint density at radius 2 is 1.68 bits per heavy atom. The van der Waals surface area contributed by atoms with Crippen LogP contribution in [-0.4, -0.2) is 42.3 Å². The summed E-state index contributed by atoms with van der Waals surface area (Å²) in [5.41, 5.74) is 0.731. The fourth-order valence-electron chi connectivity index (χ4n) is 5.24. The van der Waals surface area contributed by atoms with E-state index in [2.05, 4.69) is 70.7 Å². The quantitative estimate of drug-likeness (QED) is 0.509. The maximum atomic E-state index is 12.7. The number of thiol groups is 1. The van der Waals surface area contributed by atoms with E-state index in [1.54, 1.807) is 0 Å². The van der Waals surface area contributed by atoms with E-state index < -0.39 is 17.6 Å². The summed E-state index contributed by atoms with van der Waals surface area (Å²) in [6.07, 6.45) is -0.530. The van der Waals surface area contributed by atoms with Gasteiger partial charge in [0.2, 0.25) is 0 Å². The highest BCUT2D eigenvalue weighted by molar-refractivity contribution is 7.80. The number of hydrogen-bond donors (Lipinski definition) is 3. The molecule has 0 radical (unpaired) electrons. The second-order valence-electron chi connectivity index (χ2n) is 9.43. The lowest BCUT2D eigenvalue weighted by Gasteiger charge is -2.29. The fourth-order valence-corrected chi connectivity index (χ4v) is 5.48. The molecule has 184 valence electrons. The first-order valence-corrected chi connectivity index (χ1v) is 12.7. The summed E-state index contributed by atoms with van der Waals surface area (Å²) in [6, 6.07) is 14.9. The van der Waals surface area contributed by atoms with Crippen molar-refractivity contribution in [3.05, 3.63) is 48.0 Å². The Balaban J connectivity index is 0.000000180. The number of rotatable bonds is 3. The van der Waals surface area contributed by atoms with Crippen LogP contribution in [0.4, 0.5) is 13.2 Å². The van der Waals surface area contributed by atoms with Gasteiger partial charge in [0.15, 0.2) is 0 Å². The van der Waals surface area contributed by atoms with Crippen LogP contribution >= 0.6 is 12.6 Å². The molecule has 0 atom stereocenters. The zero-order chi connectivity index (χ0) is 24.2. The summed E-state index contributed by atoms with van der Waals surface area (Å²) in [5, 5.41) is 8.72. The Kier molecular flexibility index (Phi) is 7.87. The molecule has 1 saturated heterocycles. The van der Waals surface area contributed by atoms with Crippen molar-refractivity contribution < 1.29 is 18.0 Å². The Labute approximate surface area is 204 Å². The predicted octanol–water partition coefficient (Wildman–Crippen LogP) is 5.32. The second kappa shape index (κ2) is 10.7. The van der Waals surface area contributed by atoms with Crippen molar-refractivity contribution in [1.82, 2.24) is 10.6 Å². The van der Waals surface area contributed by atoms with E-state index in [0.717, 1.165) is 25.3 Å². The van der Waals surface area contributed by atoms with Gasteiger partial charge in [-0.15, -0.1) is 0 Å². The van der Waals surface area contributed by atoms with Crippen molar-refractivity contribution in [3.8, 4) is 0 Å². The summed E-state index contributed by atoms with van der Waals surface area (Å²) in [4.78, 5) is 16.8. The lowest BCUT2D eigenvalue weighted by atomic mass is 9.81. The Bertz CT molecular complexity index is 1020. The summed E-state index contributed by atoms with van der Waals surface area (Å²) in [6.45, 7) is 1.51. The molecule has 1 saturated carbocycles. The molecule has 0 unspecified atom stereocenters. The van der Waals surface area contributed by atoms with E-state index in [9.17, 15) is 18.0 Å². The highest BCUT2D eigenvalue weighted by Crippen LogP contribution is 2.41. The first kappa shape index (κ1) is 25.0. The molecule has 2 aliphatic heterocycles. The molecular formula is C26H32F3N3OS. The van der Waals surface area contributed by atoms with Gasteiger partial charge in [0, 0.05) is 5.92 Å². The first-order valence-electron chi connectivity index (χ1n) is 12.1. The number of amides is 1. The number of alkyl halides is 3. The van der Waals surface area contributed by atoms with Crippen LogP contribution in [0.25, 0.3) is 10.8 Å². The molecular weight excluding hydrogens is 459 g/mol. The Morgan fingerprint density at radius 1 is 1.00 bits per heavy atom. The number of fused-ring (bicyclic) bond motifs is 1. The molecule has 2 aromatic carbocycles. The average molecular weight is 492 g/mol. The van der Waals surface area contributed by atoms with Gasteiger partial charge < -0.3 is 10.6 Å². The highest BCUT2D eigenvalue weighted by atomic mass is 32.1. The van der Waals surface area contributed by atoms with Crippen LogP contribution in [0.3, 0.4) is 0 Å². The molecule has 1 aliphatic carbocycles. The number of nitrogens with one attached hydrogen (secondary N) is 2. The maximum Gasteiger partial charge on any atom is 0.391 e. The van der Waals surface area contributed by atoms with E-state index in [1.165, 1.54) is 16.3 Å². The van der Waals surface area contributed by atoms with E-state index in [1.807, 2.05) is 0 Å². The summed E-state index contributed by atoms with van der Waals surface area (Å²) in [5.74, 6) is 0.245. The molecule has 1 amide bonds. The van der Waals surface area contributed by atoms with E-state index in [-0.39, 0.29) is 24.7 Å². The zero-order valence-corrected chi connectivity index (χ0v) is 20.1. The second-order valence-corrected chi connectivity index (χ2v) is 9.88. The third kappa shape index (κ3) is 5.60. The van der Waals surface area contributed by atoms with Crippen molar-refractivity contribution in [2.24, 2.45) is 16.8 Å². The first-order chi connectivity index (χ1) is 16.3. The minimum absolute atomic E-state index is 0.0261. The van der Waals surface area contributed by atoms with Crippen molar-refractivity contribution in [3.63, 3.8) is 0 Å². The lowest BCUT2D eigenvalue weighted by molar-refractivity contribution is -0.182. The smallest absolute Gasteiger partial charge is 0.317 e. The number of amidine groups is 1. The number of aliphatic imine (C=N–C) groups is 1. The topological polar surface area (TPSA) is 53.5 Å². The van der Waals surface area contributed by atoms with Crippen LogP contribution in [0.1, 0.15) is 44.1 Å². The highest BCUT2D eigenvalue weighted by Gasteiger charge is 2.47. The third-order valence-electron chi connectivity index (χ3n) is 7.27. The Morgan fingerprint density at radius 3 is 2.35 bits per heavy atom. The number of carbonyl (C=O) groups excluding carboxylic acids is 1. The largest absolute Gasteiger partial charge is 0.391 e. The van der Waals surface area contributed by atoms with Crippen molar-refractivity contribution in [2.75, 3.05) is 18.8 Å². The van der Waals surface area contributed by atoms with Crippen LogP contribution in [0.2, 0.25) is 0 Å². The molecule has 3 aliphatic rings. The van der Waals surface area contributed by atoms with Gasteiger partial charge >= 0.3 is 6.18 Å². The summed E-state index contributed by atoms with van der Waals surface area (Å²) >= 11 is 4.26. The fraction of sp³-hybridized carbons (Fsp3) is 0.538. The number of piperidine rings is 1. The van der Waals surface area contributed by atoms with Crippen LogP contribution in [-0.2, 0) is 11.2 Å². The van der Waals surface area contributed by atoms with Crippen molar-refractivity contribution >= 4 is 35.1 Å². The molecule has 2 N–H and O–H groups in total. The van der Waals surface area contributed by atoms with Gasteiger partial charge in [0.25, 0.3) is 5.91 Å². The monoisotopic (exact) mass is 491 g/mol. The van der Waals surface area contributed by atoms with Crippen LogP contribution in [0.15, 0.2) is 47.5 Å². The van der Waals surface area contributed by atoms with Crippen LogP contribution in [0.5, 0.6) is 0 Å². The normalized spacial score (nSPS) is 24.4. The average Bonchev–Trinajstić information content (AvgIpc) is 3.15. The Hall–Kier alpha value is -2.06. The number of nitrogens with zero attached hydrogens (tertiary/aromatic N) is 1. The predicted molar refractivity (Wildman–Crippen MR) is 133 cm³/mol. The number of halogens is 3. The van der Waals surface area contributed by atoms with Crippen LogP contribution in [0, 0.1) is 11.8 Å². The summed E-state index contributed by atoms with van der Waals surface area (Å²) in [7, 11) is 0. The van der Waals surface area contributed by atoms with Gasteiger partial charge in [-0.25, -0.2) is 0 Å². The number of carbonyl (C=O) groups is 1. The van der Waals surface area contributed by atoms with Gasteiger partial charge in [-0.3, -0.25) is 9.79 Å².